The van der Waals surface area contributed by atoms with E-state index >= 15 is 0 Å². The molecule has 1 saturated carbocycles. The Morgan fingerprint density at radius 1 is 1.23 bits per heavy atom. The van der Waals surface area contributed by atoms with Crippen LogP contribution >= 0.6 is 0 Å². The van der Waals surface area contributed by atoms with Gasteiger partial charge in [0, 0.05) is 62.2 Å². The number of carbonyl (C=O) groups excluding carboxylic acids is 1. The third-order valence-electron chi connectivity index (χ3n) is 8.17. The number of hydrogen-bond donors (Lipinski definition) is 2. The predicted octanol–water partition coefficient (Wildman–Crippen LogP) is 2.75. The molecule has 208 valence electrons. The molecule has 6 rings (SSSR count). The van der Waals surface area contributed by atoms with Crippen molar-refractivity contribution in [2.75, 3.05) is 43.1 Å². The number of rotatable bonds is 7. The van der Waals surface area contributed by atoms with Crippen molar-refractivity contribution in [2.24, 2.45) is 11.8 Å². The first-order valence-corrected chi connectivity index (χ1v) is 15.6. The summed E-state index contributed by atoms with van der Waals surface area (Å²) in [6, 6.07) is 8.38. The first-order valence-electron chi connectivity index (χ1n) is 14.1. The Kier molecular flexibility index (Phi) is 7.90. The molecule has 0 radical (unpaired) electrons. The molecule has 0 bridgehead atoms. The van der Waals surface area contributed by atoms with Crippen LogP contribution in [0.3, 0.4) is 0 Å². The monoisotopic (exact) mass is 551 g/mol. The van der Waals surface area contributed by atoms with Gasteiger partial charge in [0.25, 0.3) is 0 Å². The largest absolute Gasteiger partial charge is 0.616 e. The van der Waals surface area contributed by atoms with Crippen molar-refractivity contribution >= 4 is 33.9 Å². The summed E-state index contributed by atoms with van der Waals surface area (Å²) in [4.78, 5) is 24.3. The van der Waals surface area contributed by atoms with Gasteiger partial charge in [-0.1, -0.05) is 17.2 Å². The molecule has 1 aromatic carbocycles. The molecule has 3 fully saturated rings. The molecule has 2 saturated heterocycles. The predicted molar refractivity (Wildman–Crippen MR) is 152 cm³/mol. The Bertz CT molecular complexity index is 1300. The smallest absolute Gasteiger partial charge is 0.225 e. The number of fused-ring (bicyclic) bond motifs is 1. The molecule has 1 amide bonds. The van der Waals surface area contributed by atoms with Gasteiger partial charge in [0.2, 0.25) is 11.9 Å². The van der Waals surface area contributed by atoms with Crippen molar-refractivity contribution in [2.45, 2.75) is 51.1 Å². The molecule has 2 aromatic heterocycles. The molecule has 4 heterocycles. The lowest BCUT2D eigenvalue weighted by molar-refractivity contribution is -0.137. The topological polar surface area (TPSA) is 120 Å². The molecule has 3 aliphatic rings. The maximum absolute atomic E-state index is 13.0. The zero-order valence-electron chi connectivity index (χ0n) is 22.4. The van der Waals surface area contributed by atoms with E-state index in [1.807, 2.05) is 40.0 Å². The minimum atomic E-state index is -0.706. The molecule has 2 aliphatic heterocycles. The van der Waals surface area contributed by atoms with Gasteiger partial charge in [0.05, 0.1) is 23.7 Å². The van der Waals surface area contributed by atoms with Crippen LogP contribution in [0.5, 0.6) is 5.75 Å². The molecule has 11 heteroatoms. The number of benzene rings is 1. The normalized spacial score (nSPS) is 27.5. The number of nitrogens with one attached hydrogen (secondary N) is 2. The van der Waals surface area contributed by atoms with Crippen LogP contribution < -0.4 is 15.4 Å². The number of hydrogen-bond acceptors (Lipinski definition) is 8. The fourth-order valence-corrected chi connectivity index (χ4v) is 7.55. The van der Waals surface area contributed by atoms with Crippen LogP contribution in [0, 0.1) is 11.8 Å². The van der Waals surface area contributed by atoms with Gasteiger partial charge in [-0.05, 0) is 44.7 Å². The zero-order chi connectivity index (χ0) is 26.8. The van der Waals surface area contributed by atoms with E-state index in [4.69, 9.17) is 9.72 Å². The van der Waals surface area contributed by atoms with Crippen LogP contribution in [0.2, 0.25) is 0 Å². The van der Waals surface area contributed by atoms with Gasteiger partial charge in [-0.25, -0.2) is 9.67 Å². The second-order valence-electron chi connectivity index (χ2n) is 11.1. The van der Waals surface area contributed by atoms with Gasteiger partial charge in [-0.15, -0.1) is 0 Å². The fraction of sp³-hybridized carbons (Fsp3) is 0.571. The maximum Gasteiger partial charge on any atom is 0.225 e. The number of amides is 1. The molecule has 10 nitrogen and oxygen atoms in total. The lowest BCUT2D eigenvalue weighted by atomic mass is 9.85. The lowest BCUT2D eigenvalue weighted by Crippen LogP contribution is -2.53. The molecule has 2 N–H and O–H groups in total. The summed E-state index contributed by atoms with van der Waals surface area (Å²) >= 11 is -0.706. The van der Waals surface area contributed by atoms with Crippen molar-refractivity contribution in [3.8, 4) is 11.6 Å². The van der Waals surface area contributed by atoms with Crippen molar-refractivity contribution in [3.63, 3.8) is 0 Å². The molecule has 3 aromatic rings. The molecule has 39 heavy (non-hydrogen) atoms. The van der Waals surface area contributed by atoms with E-state index in [0.717, 1.165) is 79.9 Å². The summed E-state index contributed by atoms with van der Waals surface area (Å²) < 4.78 is 19.6. The maximum atomic E-state index is 13.0. The number of aromatic nitrogens is 4. The van der Waals surface area contributed by atoms with E-state index in [1.54, 1.807) is 6.20 Å². The van der Waals surface area contributed by atoms with Gasteiger partial charge >= 0.3 is 0 Å². The van der Waals surface area contributed by atoms with E-state index in [1.165, 1.54) is 0 Å². The van der Waals surface area contributed by atoms with E-state index in [-0.39, 0.29) is 12.0 Å². The Labute approximate surface area is 232 Å². The summed E-state index contributed by atoms with van der Waals surface area (Å²) in [5, 5.41) is 12.4. The Balaban J connectivity index is 1.08. The van der Waals surface area contributed by atoms with E-state index in [0.29, 0.717) is 36.2 Å². The summed E-state index contributed by atoms with van der Waals surface area (Å²) in [5.74, 6) is 4.30. The lowest BCUT2D eigenvalue weighted by Gasteiger charge is -2.36. The number of carbonyl (C=O) groups is 1. The van der Waals surface area contributed by atoms with Crippen LogP contribution in [-0.2, 0) is 16.0 Å². The van der Waals surface area contributed by atoms with Crippen molar-refractivity contribution < 1.29 is 14.1 Å². The fourth-order valence-electron chi connectivity index (χ4n) is 5.99. The Morgan fingerprint density at radius 2 is 2.10 bits per heavy atom. The highest BCUT2D eigenvalue weighted by Crippen LogP contribution is 2.30. The first kappa shape index (κ1) is 26.3. The second kappa shape index (κ2) is 11.7. The number of piperazine rings is 1. The quantitative estimate of drug-likeness (QED) is 0.430. The summed E-state index contributed by atoms with van der Waals surface area (Å²) in [5.41, 5.74) is 0.911. The van der Waals surface area contributed by atoms with Gasteiger partial charge < -0.3 is 24.8 Å². The molecule has 0 spiro atoms. The van der Waals surface area contributed by atoms with Gasteiger partial charge in [-0.3, -0.25) is 4.79 Å². The van der Waals surface area contributed by atoms with Crippen LogP contribution in [-0.4, -0.2) is 84.9 Å². The van der Waals surface area contributed by atoms with Gasteiger partial charge in [0.1, 0.15) is 17.3 Å². The summed E-state index contributed by atoms with van der Waals surface area (Å²) in [6.07, 6.45) is 8.13. The highest BCUT2D eigenvalue weighted by atomic mass is 32.2. The summed E-state index contributed by atoms with van der Waals surface area (Å²) in [7, 11) is 0. The Morgan fingerprint density at radius 3 is 2.90 bits per heavy atom. The number of anilines is 1. The molecule has 1 aliphatic carbocycles. The second-order valence-corrected chi connectivity index (χ2v) is 12.7. The molecule has 3 atom stereocenters. The number of nitrogens with zero attached hydrogens (tertiary/aromatic N) is 5. The van der Waals surface area contributed by atoms with Gasteiger partial charge in [-0.2, -0.15) is 10.1 Å². The van der Waals surface area contributed by atoms with E-state index in [9.17, 15) is 9.35 Å². The van der Waals surface area contributed by atoms with Gasteiger partial charge in [0.15, 0.2) is 5.82 Å². The Hall–Kier alpha value is -2.89. The van der Waals surface area contributed by atoms with Crippen LogP contribution in [0.15, 0.2) is 36.7 Å². The molecular formula is C28H37N7O3S. The third kappa shape index (κ3) is 6.00. The minimum Gasteiger partial charge on any atom is -0.616 e. The van der Waals surface area contributed by atoms with Crippen LogP contribution in [0.1, 0.15) is 39.0 Å². The first-order chi connectivity index (χ1) is 19.0. The number of ether oxygens (including phenoxy) is 1. The molecular weight excluding hydrogens is 514 g/mol. The van der Waals surface area contributed by atoms with Crippen LogP contribution in [0.25, 0.3) is 16.7 Å². The highest BCUT2D eigenvalue weighted by molar-refractivity contribution is 7.91. The average Bonchev–Trinajstić information content (AvgIpc) is 3.58. The van der Waals surface area contributed by atoms with Crippen molar-refractivity contribution in [1.82, 2.24) is 30.0 Å². The van der Waals surface area contributed by atoms with E-state index < -0.39 is 11.2 Å². The summed E-state index contributed by atoms with van der Waals surface area (Å²) in [6.45, 7) is 5.19. The van der Waals surface area contributed by atoms with Crippen molar-refractivity contribution in [3.05, 3.63) is 36.7 Å². The average molecular weight is 552 g/mol. The van der Waals surface area contributed by atoms with Crippen molar-refractivity contribution in [1.29, 1.82) is 0 Å². The third-order valence-corrected chi connectivity index (χ3v) is 9.71. The standard InChI is InChI=1S/C28H37N7O3S/c1-19-16-34(13-12-29-19)27(36)21-5-7-22(8-6-21)32-28-30-11-9-26(33-28)35-24-3-2-4-25(23(24)15-31-35)38-17-20-10-14-39(37)18-20/h2-4,9,11,15,19-22,29H,5-8,10,12-14,16-18H2,1H3,(H,30,32,33)/t19-,20?,21-,22-,39?/m0/s1. The van der Waals surface area contributed by atoms with E-state index in [2.05, 4.69) is 27.6 Å². The minimum absolute atomic E-state index is 0.114. The molecule has 2 unspecified atom stereocenters. The highest BCUT2D eigenvalue weighted by Gasteiger charge is 2.31. The zero-order valence-corrected chi connectivity index (χ0v) is 23.2. The van der Waals surface area contributed by atoms with Crippen LogP contribution in [0.4, 0.5) is 5.95 Å². The SMILES string of the molecule is C[C@H]1CN(C(=O)[C@H]2CC[C@H](Nc3nccc(-n4ncc5c(OCC6CC[S+]([O-])C6)cccc54)n3)CC2)CCN1.